The van der Waals surface area contributed by atoms with Crippen LogP contribution in [-0.2, 0) is 6.54 Å². The molecule has 3 aromatic rings. The Bertz CT molecular complexity index is 738. The van der Waals surface area contributed by atoms with Gasteiger partial charge in [0.2, 0.25) is 0 Å². The Labute approximate surface area is 125 Å². The highest BCUT2D eigenvalue weighted by atomic mass is 14.9. The molecule has 3 nitrogen and oxygen atoms in total. The van der Waals surface area contributed by atoms with Gasteiger partial charge in [0.1, 0.15) is 0 Å². The van der Waals surface area contributed by atoms with Crippen LogP contribution in [0.1, 0.15) is 29.8 Å². The van der Waals surface area contributed by atoms with E-state index in [0.29, 0.717) is 0 Å². The highest BCUT2D eigenvalue weighted by molar-refractivity contribution is 5.79. The van der Waals surface area contributed by atoms with Crippen molar-refractivity contribution >= 4 is 10.9 Å². The molecular formula is C18H19N3. The second kappa shape index (κ2) is 6.02. The van der Waals surface area contributed by atoms with Gasteiger partial charge in [-0.2, -0.15) is 0 Å². The lowest BCUT2D eigenvalue weighted by atomic mass is 10.1. The number of hydrogen-bond acceptors (Lipinski definition) is 3. The molecule has 3 heteroatoms. The van der Waals surface area contributed by atoms with Crippen molar-refractivity contribution in [2.75, 3.05) is 0 Å². The van der Waals surface area contributed by atoms with Gasteiger partial charge in [-0.15, -0.1) is 0 Å². The summed E-state index contributed by atoms with van der Waals surface area (Å²) in [6, 6.07) is 15.0. The fourth-order valence-corrected chi connectivity index (χ4v) is 2.41. The van der Waals surface area contributed by atoms with Gasteiger partial charge in [-0.25, -0.2) is 0 Å². The summed E-state index contributed by atoms with van der Waals surface area (Å²) < 4.78 is 0. The van der Waals surface area contributed by atoms with Crippen LogP contribution in [0.3, 0.4) is 0 Å². The standard InChI is InChI=1S/C18H19N3/c1-13-5-7-16-10-15(6-8-18(16)21-13)11-20-14(2)17-4-3-9-19-12-17/h3-10,12,14,20H,11H2,1-2H3/t14-/m0/s1. The molecule has 106 valence electrons. The van der Waals surface area contributed by atoms with E-state index in [2.05, 4.69) is 58.6 Å². The van der Waals surface area contributed by atoms with Crippen LogP contribution in [0.4, 0.5) is 0 Å². The molecule has 1 atom stereocenters. The Balaban J connectivity index is 1.72. The highest BCUT2D eigenvalue weighted by Crippen LogP contribution is 2.16. The zero-order valence-corrected chi connectivity index (χ0v) is 12.4. The van der Waals surface area contributed by atoms with Gasteiger partial charge in [0, 0.05) is 36.1 Å². The van der Waals surface area contributed by atoms with Gasteiger partial charge in [0.05, 0.1) is 5.52 Å². The summed E-state index contributed by atoms with van der Waals surface area (Å²) in [6.07, 6.45) is 3.71. The Kier molecular flexibility index (Phi) is 3.93. The van der Waals surface area contributed by atoms with Gasteiger partial charge >= 0.3 is 0 Å². The first-order chi connectivity index (χ1) is 10.2. The average molecular weight is 277 g/mol. The predicted molar refractivity (Wildman–Crippen MR) is 86.0 cm³/mol. The maximum atomic E-state index is 4.53. The number of pyridine rings is 2. The molecule has 2 aromatic heterocycles. The number of fused-ring (bicyclic) bond motifs is 1. The molecule has 1 aromatic carbocycles. The zero-order valence-electron chi connectivity index (χ0n) is 12.4. The summed E-state index contributed by atoms with van der Waals surface area (Å²) in [6.45, 7) is 5.01. The Morgan fingerprint density at radius 1 is 1.14 bits per heavy atom. The van der Waals surface area contributed by atoms with Crippen molar-refractivity contribution in [3.63, 3.8) is 0 Å². The van der Waals surface area contributed by atoms with Gasteiger partial charge in [0.15, 0.2) is 0 Å². The van der Waals surface area contributed by atoms with E-state index in [4.69, 9.17) is 0 Å². The molecule has 0 saturated heterocycles. The molecule has 0 radical (unpaired) electrons. The van der Waals surface area contributed by atoms with Crippen molar-refractivity contribution in [1.82, 2.24) is 15.3 Å². The van der Waals surface area contributed by atoms with Crippen LogP contribution in [-0.4, -0.2) is 9.97 Å². The molecule has 2 heterocycles. The van der Waals surface area contributed by atoms with Crippen molar-refractivity contribution in [2.24, 2.45) is 0 Å². The van der Waals surface area contributed by atoms with Gasteiger partial charge in [-0.3, -0.25) is 9.97 Å². The molecule has 0 unspecified atom stereocenters. The third kappa shape index (κ3) is 3.26. The second-order valence-electron chi connectivity index (χ2n) is 5.37. The van der Waals surface area contributed by atoms with Gasteiger partial charge < -0.3 is 5.32 Å². The minimum atomic E-state index is 0.283. The Hall–Kier alpha value is -2.26. The molecule has 0 spiro atoms. The van der Waals surface area contributed by atoms with E-state index in [1.807, 2.05) is 19.2 Å². The first-order valence-electron chi connectivity index (χ1n) is 7.22. The van der Waals surface area contributed by atoms with E-state index >= 15 is 0 Å². The van der Waals surface area contributed by atoms with Crippen molar-refractivity contribution in [2.45, 2.75) is 26.4 Å². The van der Waals surface area contributed by atoms with Crippen LogP contribution in [0.2, 0.25) is 0 Å². The van der Waals surface area contributed by atoms with Crippen LogP contribution >= 0.6 is 0 Å². The van der Waals surface area contributed by atoms with Crippen LogP contribution in [0, 0.1) is 6.92 Å². The fourth-order valence-electron chi connectivity index (χ4n) is 2.41. The van der Waals surface area contributed by atoms with Crippen LogP contribution in [0.5, 0.6) is 0 Å². The number of nitrogens with one attached hydrogen (secondary N) is 1. The lowest BCUT2D eigenvalue weighted by Crippen LogP contribution is -2.18. The predicted octanol–water partition coefficient (Wildman–Crippen LogP) is 3.79. The van der Waals surface area contributed by atoms with Crippen molar-refractivity contribution < 1.29 is 0 Å². The average Bonchev–Trinajstić information content (AvgIpc) is 2.53. The van der Waals surface area contributed by atoms with E-state index in [9.17, 15) is 0 Å². The van der Waals surface area contributed by atoms with Gasteiger partial charge in [-0.1, -0.05) is 18.2 Å². The number of aromatic nitrogens is 2. The molecular weight excluding hydrogens is 258 g/mol. The molecule has 3 rings (SSSR count). The quantitative estimate of drug-likeness (QED) is 0.788. The molecule has 0 aliphatic rings. The van der Waals surface area contributed by atoms with E-state index < -0.39 is 0 Å². The maximum Gasteiger partial charge on any atom is 0.0705 e. The molecule has 0 bridgehead atoms. The lowest BCUT2D eigenvalue weighted by molar-refractivity contribution is 0.573. The van der Waals surface area contributed by atoms with Crippen molar-refractivity contribution in [3.8, 4) is 0 Å². The molecule has 1 N–H and O–H groups in total. The minimum absolute atomic E-state index is 0.283. The number of aryl methyl sites for hydroxylation is 1. The number of benzene rings is 1. The first-order valence-corrected chi connectivity index (χ1v) is 7.22. The van der Waals surface area contributed by atoms with Crippen LogP contribution < -0.4 is 5.32 Å². The minimum Gasteiger partial charge on any atom is -0.306 e. The van der Waals surface area contributed by atoms with Gasteiger partial charge in [-0.05, 0) is 49.2 Å². The third-order valence-corrected chi connectivity index (χ3v) is 3.69. The SMILES string of the molecule is Cc1ccc2cc(CN[C@@H](C)c3cccnc3)ccc2n1. The van der Waals surface area contributed by atoms with Crippen LogP contribution in [0.25, 0.3) is 10.9 Å². The summed E-state index contributed by atoms with van der Waals surface area (Å²) in [5, 5.41) is 4.72. The van der Waals surface area contributed by atoms with Crippen molar-refractivity contribution in [1.29, 1.82) is 0 Å². The summed E-state index contributed by atoms with van der Waals surface area (Å²) in [4.78, 5) is 8.69. The third-order valence-electron chi connectivity index (χ3n) is 3.69. The first kappa shape index (κ1) is 13.7. The number of nitrogens with zero attached hydrogens (tertiary/aromatic N) is 2. The molecule has 0 saturated carbocycles. The Morgan fingerprint density at radius 3 is 2.86 bits per heavy atom. The second-order valence-corrected chi connectivity index (χ2v) is 5.37. The smallest absolute Gasteiger partial charge is 0.0705 e. The zero-order chi connectivity index (χ0) is 14.7. The normalized spacial score (nSPS) is 12.5. The molecule has 0 aliphatic heterocycles. The Morgan fingerprint density at radius 2 is 2.05 bits per heavy atom. The summed E-state index contributed by atoms with van der Waals surface area (Å²) in [5.41, 5.74) is 4.58. The lowest BCUT2D eigenvalue weighted by Gasteiger charge is -2.14. The molecule has 0 aliphatic carbocycles. The van der Waals surface area contributed by atoms with Crippen LogP contribution in [0.15, 0.2) is 54.9 Å². The largest absolute Gasteiger partial charge is 0.306 e. The van der Waals surface area contributed by atoms with Crippen molar-refractivity contribution in [3.05, 3.63) is 71.7 Å². The van der Waals surface area contributed by atoms with E-state index in [1.54, 1.807) is 6.20 Å². The molecule has 0 fully saturated rings. The fraction of sp³-hybridized carbons (Fsp3) is 0.222. The number of hydrogen-bond donors (Lipinski definition) is 1. The summed E-state index contributed by atoms with van der Waals surface area (Å²) >= 11 is 0. The molecule has 0 amide bonds. The van der Waals surface area contributed by atoms with E-state index in [-0.39, 0.29) is 6.04 Å². The van der Waals surface area contributed by atoms with E-state index in [1.165, 1.54) is 16.5 Å². The van der Waals surface area contributed by atoms with Gasteiger partial charge in [0.25, 0.3) is 0 Å². The summed E-state index contributed by atoms with van der Waals surface area (Å²) in [5.74, 6) is 0. The topological polar surface area (TPSA) is 37.8 Å². The molecule has 21 heavy (non-hydrogen) atoms. The maximum absolute atomic E-state index is 4.53. The monoisotopic (exact) mass is 277 g/mol. The summed E-state index contributed by atoms with van der Waals surface area (Å²) in [7, 11) is 0. The highest BCUT2D eigenvalue weighted by Gasteiger charge is 2.05. The number of rotatable bonds is 4. The van der Waals surface area contributed by atoms with E-state index in [0.717, 1.165) is 17.8 Å².